The molecule has 7 heteroatoms. The summed E-state index contributed by atoms with van der Waals surface area (Å²) < 4.78 is 5.38. The third-order valence-corrected chi connectivity index (χ3v) is 6.32. The van der Waals surface area contributed by atoms with E-state index in [0.29, 0.717) is 23.6 Å². The standard InChI is InChI=1S/C31H45N3O4/c1-20(2)14-17-23(5)34(29(36)24(6)32-30(37)38-31(7,8)9)27(25-18-15-21(3)16-19-25)28(35)33-26-13-11-10-12-22(26)4/h10-13,15-16,18-20,23-24,27H,14,17H2,1-9H3,(H,32,37)(H,33,35). The quantitative estimate of drug-likeness (QED) is 0.370. The first kappa shape index (κ1) is 30.9. The molecule has 3 atom stereocenters. The molecule has 0 aliphatic rings. The third-order valence-electron chi connectivity index (χ3n) is 6.32. The molecule has 0 aromatic heterocycles. The molecule has 3 amide bonds. The Balaban J connectivity index is 2.51. The van der Waals surface area contributed by atoms with Crippen LogP contribution in [0.3, 0.4) is 0 Å². The number of ether oxygens (including phenoxy) is 1. The number of benzene rings is 2. The van der Waals surface area contributed by atoms with E-state index in [1.165, 1.54) is 0 Å². The van der Waals surface area contributed by atoms with Gasteiger partial charge in [-0.1, -0.05) is 61.9 Å². The van der Waals surface area contributed by atoms with Crippen LogP contribution >= 0.6 is 0 Å². The van der Waals surface area contributed by atoms with Gasteiger partial charge in [0.05, 0.1) is 0 Å². The SMILES string of the molecule is Cc1ccc(C(C(=O)Nc2ccccc2C)N(C(=O)C(C)NC(=O)OC(C)(C)C)C(C)CCC(C)C)cc1. The number of hydrogen-bond donors (Lipinski definition) is 2. The molecule has 2 aromatic rings. The van der Waals surface area contributed by atoms with Crippen LogP contribution in [-0.4, -0.2) is 40.5 Å². The fourth-order valence-electron chi connectivity index (χ4n) is 4.18. The molecule has 0 fully saturated rings. The van der Waals surface area contributed by atoms with Crippen LogP contribution < -0.4 is 10.6 Å². The van der Waals surface area contributed by atoms with Gasteiger partial charge in [0.25, 0.3) is 5.91 Å². The Bertz CT molecular complexity index is 1090. The fourth-order valence-corrected chi connectivity index (χ4v) is 4.18. The predicted octanol–water partition coefficient (Wildman–Crippen LogP) is 6.55. The van der Waals surface area contributed by atoms with Gasteiger partial charge < -0.3 is 20.3 Å². The van der Waals surface area contributed by atoms with Gasteiger partial charge in [-0.25, -0.2) is 4.79 Å². The molecule has 0 bridgehead atoms. The van der Waals surface area contributed by atoms with Crippen LogP contribution in [-0.2, 0) is 14.3 Å². The number of amides is 3. The minimum absolute atomic E-state index is 0.262. The van der Waals surface area contributed by atoms with Crippen molar-refractivity contribution in [2.45, 2.75) is 98.9 Å². The fraction of sp³-hybridized carbons (Fsp3) is 0.516. The zero-order chi connectivity index (χ0) is 28.6. The lowest BCUT2D eigenvalue weighted by Crippen LogP contribution is -2.54. The molecule has 7 nitrogen and oxygen atoms in total. The van der Waals surface area contributed by atoms with E-state index in [2.05, 4.69) is 24.5 Å². The van der Waals surface area contributed by atoms with E-state index in [9.17, 15) is 14.4 Å². The smallest absolute Gasteiger partial charge is 0.408 e. The monoisotopic (exact) mass is 523 g/mol. The predicted molar refractivity (Wildman–Crippen MR) is 153 cm³/mol. The van der Waals surface area contributed by atoms with Crippen molar-refractivity contribution < 1.29 is 19.1 Å². The zero-order valence-corrected chi connectivity index (χ0v) is 24.4. The van der Waals surface area contributed by atoms with Crippen LogP contribution in [0.25, 0.3) is 0 Å². The lowest BCUT2D eigenvalue weighted by atomic mass is 9.96. The van der Waals surface area contributed by atoms with Gasteiger partial charge in [0.15, 0.2) is 0 Å². The van der Waals surface area contributed by atoms with E-state index in [4.69, 9.17) is 4.74 Å². The maximum absolute atomic E-state index is 14.0. The van der Waals surface area contributed by atoms with Crippen molar-refractivity contribution in [1.29, 1.82) is 0 Å². The van der Waals surface area contributed by atoms with Gasteiger partial charge >= 0.3 is 6.09 Å². The second kappa shape index (κ2) is 13.4. The van der Waals surface area contributed by atoms with Crippen LogP contribution in [0, 0.1) is 19.8 Å². The number of alkyl carbamates (subject to hydrolysis) is 1. The second-order valence-electron chi connectivity index (χ2n) is 11.6. The highest BCUT2D eigenvalue weighted by Crippen LogP contribution is 2.29. The average Bonchev–Trinajstić information content (AvgIpc) is 2.81. The summed E-state index contributed by atoms with van der Waals surface area (Å²) >= 11 is 0. The highest BCUT2D eigenvalue weighted by atomic mass is 16.6. The molecule has 38 heavy (non-hydrogen) atoms. The largest absolute Gasteiger partial charge is 0.444 e. The van der Waals surface area contributed by atoms with Crippen LogP contribution in [0.1, 0.15) is 84.0 Å². The number of carbonyl (C=O) groups is 3. The summed E-state index contributed by atoms with van der Waals surface area (Å²) in [5.41, 5.74) is 2.67. The number of carbonyl (C=O) groups excluding carboxylic acids is 3. The van der Waals surface area contributed by atoms with Gasteiger partial charge in [-0.3, -0.25) is 9.59 Å². The molecule has 0 heterocycles. The molecule has 0 radical (unpaired) electrons. The van der Waals surface area contributed by atoms with Crippen molar-refractivity contribution >= 4 is 23.6 Å². The first-order chi connectivity index (χ1) is 17.7. The Morgan fingerprint density at radius 2 is 1.50 bits per heavy atom. The second-order valence-corrected chi connectivity index (χ2v) is 11.6. The van der Waals surface area contributed by atoms with Crippen LogP contribution in [0.2, 0.25) is 0 Å². The molecule has 208 valence electrons. The van der Waals surface area contributed by atoms with E-state index in [0.717, 1.165) is 17.5 Å². The minimum Gasteiger partial charge on any atom is -0.444 e. The van der Waals surface area contributed by atoms with Crippen molar-refractivity contribution in [3.63, 3.8) is 0 Å². The Labute approximate surface area is 228 Å². The Kier molecular flexibility index (Phi) is 10.9. The van der Waals surface area contributed by atoms with Crippen LogP contribution in [0.4, 0.5) is 10.5 Å². The van der Waals surface area contributed by atoms with Gasteiger partial charge in [-0.2, -0.15) is 0 Å². The van der Waals surface area contributed by atoms with E-state index in [-0.39, 0.29) is 17.9 Å². The molecular formula is C31H45N3O4. The molecular weight excluding hydrogens is 478 g/mol. The summed E-state index contributed by atoms with van der Waals surface area (Å²) in [6.45, 7) is 17.1. The van der Waals surface area contributed by atoms with Gasteiger partial charge in [-0.05, 0) is 84.4 Å². The van der Waals surface area contributed by atoms with Crippen molar-refractivity contribution in [2.75, 3.05) is 5.32 Å². The zero-order valence-electron chi connectivity index (χ0n) is 24.4. The van der Waals surface area contributed by atoms with Crippen molar-refractivity contribution in [2.24, 2.45) is 5.92 Å². The highest BCUT2D eigenvalue weighted by molar-refractivity contribution is 5.99. The number of rotatable bonds is 10. The average molecular weight is 524 g/mol. The first-order valence-corrected chi connectivity index (χ1v) is 13.4. The maximum Gasteiger partial charge on any atom is 0.408 e. The Morgan fingerprint density at radius 3 is 2.05 bits per heavy atom. The Morgan fingerprint density at radius 1 is 0.895 bits per heavy atom. The normalized spacial score (nSPS) is 13.8. The molecule has 0 saturated carbocycles. The van der Waals surface area contributed by atoms with E-state index in [1.807, 2.05) is 69.3 Å². The molecule has 0 saturated heterocycles. The van der Waals surface area contributed by atoms with E-state index >= 15 is 0 Å². The first-order valence-electron chi connectivity index (χ1n) is 13.4. The lowest BCUT2D eigenvalue weighted by molar-refractivity contribution is -0.143. The number of aryl methyl sites for hydroxylation is 2. The molecule has 0 spiro atoms. The number of para-hydroxylation sites is 1. The number of hydrogen-bond acceptors (Lipinski definition) is 4. The molecule has 0 aliphatic carbocycles. The summed E-state index contributed by atoms with van der Waals surface area (Å²) in [5, 5.41) is 5.71. The molecule has 2 N–H and O–H groups in total. The van der Waals surface area contributed by atoms with E-state index < -0.39 is 23.8 Å². The number of anilines is 1. The summed E-state index contributed by atoms with van der Waals surface area (Å²) in [6.07, 6.45) is 0.922. The topological polar surface area (TPSA) is 87.7 Å². The number of nitrogens with zero attached hydrogens (tertiary/aromatic N) is 1. The molecule has 2 aromatic carbocycles. The molecule has 3 unspecified atom stereocenters. The third kappa shape index (κ3) is 9.19. The molecule has 0 aliphatic heterocycles. The van der Waals surface area contributed by atoms with Gasteiger partial charge in [0, 0.05) is 11.7 Å². The highest BCUT2D eigenvalue weighted by Gasteiger charge is 2.37. The summed E-state index contributed by atoms with van der Waals surface area (Å²) in [6, 6.07) is 13.1. The van der Waals surface area contributed by atoms with Crippen LogP contribution in [0.5, 0.6) is 0 Å². The van der Waals surface area contributed by atoms with Gasteiger partial charge in [0.1, 0.15) is 17.7 Å². The van der Waals surface area contributed by atoms with Crippen molar-refractivity contribution in [3.8, 4) is 0 Å². The van der Waals surface area contributed by atoms with Crippen LogP contribution in [0.15, 0.2) is 48.5 Å². The van der Waals surface area contributed by atoms with Gasteiger partial charge in [-0.15, -0.1) is 0 Å². The Hall–Kier alpha value is -3.35. The summed E-state index contributed by atoms with van der Waals surface area (Å²) in [5.74, 6) is -0.222. The van der Waals surface area contributed by atoms with Gasteiger partial charge in [0.2, 0.25) is 5.91 Å². The summed E-state index contributed by atoms with van der Waals surface area (Å²) in [7, 11) is 0. The molecule has 2 rings (SSSR count). The minimum atomic E-state index is -0.898. The lowest BCUT2D eigenvalue weighted by Gasteiger charge is -2.38. The summed E-state index contributed by atoms with van der Waals surface area (Å²) in [4.78, 5) is 42.1. The number of nitrogens with one attached hydrogen (secondary N) is 2. The van der Waals surface area contributed by atoms with Crippen molar-refractivity contribution in [3.05, 3.63) is 65.2 Å². The van der Waals surface area contributed by atoms with E-state index in [1.54, 1.807) is 32.6 Å². The maximum atomic E-state index is 14.0. The van der Waals surface area contributed by atoms with Crippen molar-refractivity contribution in [1.82, 2.24) is 10.2 Å².